The predicted octanol–water partition coefficient (Wildman–Crippen LogP) is 5.41. The van der Waals surface area contributed by atoms with Crippen LogP contribution in [0.5, 0.6) is 0 Å². The highest BCUT2D eigenvalue weighted by Crippen LogP contribution is 2.40. The molecular formula is C31H37Cl2N3O3S. The smallest absolute Gasteiger partial charge is 0.264 e. The predicted molar refractivity (Wildman–Crippen MR) is 165 cm³/mol. The van der Waals surface area contributed by atoms with Gasteiger partial charge in [-0.15, -0.1) is 24.8 Å². The third kappa shape index (κ3) is 8.91. The van der Waals surface area contributed by atoms with Crippen LogP contribution in [0.15, 0.2) is 95.9 Å². The fourth-order valence-corrected chi connectivity index (χ4v) is 6.11. The number of carbonyl (C=O) groups is 1. The van der Waals surface area contributed by atoms with Crippen molar-refractivity contribution in [2.24, 2.45) is 5.92 Å². The molecule has 3 aromatic carbocycles. The molecule has 1 aliphatic heterocycles. The number of nitrogens with one attached hydrogen (secondary N) is 2. The number of halogens is 2. The van der Waals surface area contributed by atoms with Crippen LogP contribution in [-0.4, -0.2) is 44.9 Å². The number of sulfonamides is 1. The van der Waals surface area contributed by atoms with E-state index in [1.807, 2.05) is 12.1 Å². The van der Waals surface area contributed by atoms with E-state index in [-0.39, 0.29) is 29.7 Å². The topological polar surface area (TPSA) is 78.5 Å². The first-order valence-electron chi connectivity index (χ1n) is 13.4. The molecule has 3 aromatic rings. The van der Waals surface area contributed by atoms with Crippen molar-refractivity contribution in [3.05, 3.63) is 108 Å². The van der Waals surface area contributed by atoms with Gasteiger partial charge in [-0.25, -0.2) is 13.1 Å². The molecule has 2 atom stereocenters. The Morgan fingerprint density at radius 3 is 2.15 bits per heavy atom. The van der Waals surface area contributed by atoms with Gasteiger partial charge in [0, 0.05) is 24.6 Å². The maximum Gasteiger partial charge on any atom is 0.264 e. The van der Waals surface area contributed by atoms with Crippen molar-refractivity contribution in [1.82, 2.24) is 14.9 Å². The SMILES string of the molecule is Cl.Cl.O=C(C=Cc1ccc(CN2CCC(CN[C@@H]3C[C@H]3c3ccccc3)CC2)cc1)NS(=O)(=O)c1ccccc1. The molecule has 1 saturated heterocycles. The Balaban J connectivity index is 0.00000220. The number of rotatable bonds is 10. The number of likely N-dealkylation sites (tertiary alicyclic amines) is 1. The molecule has 2 N–H and O–H groups in total. The minimum absolute atomic E-state index is 0. The first-order valence-corrected chi connectivity index (χ1v) is 14.8. The van der Waals surface area contributed by atoms with Gasteiger partial charge in [0.05, 0.1) is 4.90 Å². The summed E-state index contributed by atoms with van der Waals surface area (Å²) < 4.78 is 26.6. The van der Waals surface area contributed by atoms with Crippen molar-refractivity contribution in [2.75, 3.05) is 19.6 Å². The number of amides is 1. The molecule has 6 nitrogen and oxygen atoms in total. The lowest BCUT2D eigenvalue weighted by molar-refractivity contribution is -0.114. The molecule has 40 heavy (non-hydrogen) atoms. The Morgan fingerprint density at radius 1 is 0.875 bits per heavy atom. The Kier molecular flexibility index (Phi) is 11.8. The van der Waals surface area contributed by atoms with Gasteiger partial charge in [-0.1, -0.05) is 72.8 Å². The van der Waals surface area contributed by atoms with Gasteiger partial charge < -0.3 is 5.32 Å². The van der Waals surface area contributed by atoms with E-state index >= 15 is 0 Å². The largest absolute Gasteiger partial charge is 0.313 e. The number of hydrogen-bond donors (Lipinski definition) is 2. The Hall–Kier alpha value is -2.68. The molecule has 214 valence electrons. The molecule has 0 aromatic heterocycles. The van der Waals surface area contributed by atoms with Gasteiger partial charge in [0.1, 0.15) is 0 Å². The van der Waals surface area contributed by atoms with Crippen LogP contribution in [0.4, 0.5) is 0 Å². The van der Waals surface area contributed by atoms with Crippen LogP contribution < -0.4 is 10.0 Å². The van der Waals surface area contributed by atoms with Crippen LogP contribution in [0.25, 0.3) is 6.08 Å². The molecule has 0 unspecified atom stereocenters. The van der Waals surface area contributed by atoms with Crippen molar-refractivity contribution >= 4 is 46.8 Å². The molecule has 2 fully saturated rings. The third-order valence-electron chi connectivity index (χ3n) is 7.50. The molecule has 0 bridgehead atoms. The van der Waals surface area contributed by atoms with E-state index in [1.54, 1.807) is 24.3 Å². The molecule has 9 heteroatoms. The standard InChI is InChI=1S/C31H35N3O3S.2ClH/c35-31(33-38(36,37)28-9-5-2-6-10-28)16-15-24-11-13-26(14-12-24)23-34-19-17-25(18-20-34)22-32-30-21-29(30)27-7-3-1-4-8-27;;/h1-16,25,29-30,32H,17-23H2,(H,33,35);2*1H/t29-,30+;;/m0../s1. The molecule has 1 amide bonds. The second kappa shape index (κ2) is 14.8. The van der Waals surface area contributed by atoms with Gasteiger partial charge in [-0.3, -0.25) is 9.69 Å². The van der Waals surface area contributed by atoms with Crippen molar-refractivity contribution in [1.29, 1.82) is 0 Å². The van der Waals surface area contributed by atoms with E-state index in [0.29, 0.717) is 12.0 Å². The molecule has 1 aliphatic carbocycles. The number of piperidine rings is 1. The van der Waals surface area contributed by atoms with E-state index in [1.165, 1.54) is 48.6 Å². The summed E-state index contributed by atoms with van der Waals surface area (Å²) in [5.41, 5.74) is 3.54. The average Bonchev–Trinajstić information content (AvgIpc) is 3.73. The fraction of sp³-hybridized carbons (Fsp3) is 0.323. The number of benzene rings is 3. The van der Waals surface area contributed by atoms with Gasteiger partial charge in [0.25, 0.3) is 15.9 Å². The van der Waals surface area contributed by atoms with Crippen molar-refractivity contribution in [2.45, 2.75) is 42.7 Å². The second-order valence-corrected chi connectivity index (χ2v) is 12.0. The van der Waals surface area contributed by atoms with E-state index in [4.69, 9.17) is 0 Å². The molecule has 5 rings (SSSR count). The van der Waals surface area contributed by atoms with E-state index < -0.39 is 15.9 Å². The number of hydrogen-bond acceptors (Lipinski definition) is 5. The first-order chi connectivity index (χ1) is 18.5. The summed E-state index contributed by atoms with van der Waals surface area (Å²) in [6.45, 7) is 4.25. The lowest BCUT2D eigenvalue weighted by Crippen LogP contribution is -2.37. The minimum Gasteiger partial charge on any atom is -0.313 e. The van der Waals surface area contributed by atoms with Gasteiger partial charge in [-0.05, 0) is 79.7 Å². The Labute approximate surface area is 250 Å². The molecule has 0 spiro atoms. The summed E-state index contributed by atoms with van der Waals surface area (Å²) in [7, 11) is -3.87. The minimum atomic E-state index is -3.87. The quantitative estimate of drug-likeness (QED) is 0.304. The monoisotopic (exact) mass is 601 g/mol. The van der Waals surface area contributed by atoms with Crippen molar-refractivity contribution in [3.63, 3.8) is 0 Å². The van der Waals surface area contributed by atoms with E-state index in [2.05, 4.69) is 57.4 Å². The summed E-state index contributed by atoms with van der Waals surface area (Å²) in [6.07, 6.45) is 6.57. The van der Waals surface area contributed by atoms with Crippen LogP contribution in [0, 0.1) is 5.92 Å². The summed E-state index contributed by atoms with van der Waals surface area (Å²) >= 11 is 0. The maximum absolute atomic E-state index is 12.3. The zero-order valence-electron chi connectivity index (χ0n) is 22.3. The lowest BCUT2D eigenvalue weighted by Gasteiger charge is -2.32. The summed E-state index contributed by atoms with van der Waals surface area (Å²) in [5.74, 6) is 0.756. The summed E-state index contributed by atoms with van der Waals surface area (Å²) in [6, 6.07) is 27.4. The zero-order valence-corrected chi connectivity index (χ0v) is 24.8. The van der Waals surface area contributed by atoms with Crippen LogP contribution in [0.3, 0.4) is 0 Å². The van der Waals surface area contributed by atoms with Crippen LogP contribution in [0.2, 0.25) is 0 Å². The highest BCUT2D eigenvalue weighted by atomic mass is 35.5. The Bertz CT molecular complexity index is 1350. The highest BCUT2D eigenvalue weighted by Gasteiger charge is 2.38. The van der Waals surface area contributed by atoms with Crippen molar-refractivity contribution in [3.8, 4) is 0 Å². The molecule has 1 heterocycles. The summed E-state index contributed by atoms with van der Waals surface area (Å²) in [4.78, 5) is 14.7. The van der Waals surface area contributed by atoms with Crippen LogP contribution in [-0.2, 0) is 21.4 Å². The fourth-order valence-electron chi connectivity index (χ4n) is 5.15. The Morgan fingerprint density at radius 2 is 1.50 bits per heavy atom. The first kappa shape index (κ1) is 31.8. The van der Waals surface area contributed by atoms with Crippen LogP contribution >= 0.6 is 24.8 Å². The van der Waals surface area contributed by atoms with Gasteiger partial charge in [-0.2, -0.15) is 0 Å². The normalized spacial score (nSPS) is 19.4. The van der Waals surface area contributed by atoms with Gasteiger partial charge >= 0.3 is 0 Å². The van der Waals surface area contributed by atoms with Crippen LogP contribution in [0.1, 0.15) is 41.9 Å². The lowest BCUT2D eigenvalue weighted by atomic mass is 9.96. The molecular weight excluding hydrogens is 565 g/mol. The van der Waals surface area contributed by atoms with E-state index in [9.17, 15) is 13.2 Å². The second-order valence-electron chi connectivity index (χ2n) is 10.3. The number of carbonyl (C=O) groups excluding carboxylic acids is 1. The highest BCUT2D eigenvalue weighted by molar-refractivity contribution is 7.90. The molecule has 2 aliphatic rings. The average molecular weight is 603 g/mol. The van der Waals surface area contributed by atoms with Gasteiger partial charge in [0.2, 0.25) is 0 Å². The maximum atomic E-state index is 12.3. The summed E-state index contributed by atoms with van der Waals surface area (Å²) in [5, 5.41) is 3.80. The van der Waals surface area contributed by atoms with Crippen molar-refractivity contribution < 1.29 is 13.2 Å². The number of nitrogens with zero attached hydrogens (tertiary/aromatic N) is 1. The molecule has 0 radical (unpaired) electrons. The zero-order chi connectivity index (χ0) is 26.4. The third-order valence-corrected chi connectivity index (χ3v) is 8.86. The van der Waals surface area contributed by atoms with E-state index in [0.717, 1.165) is 37.7 Å². The molecule has 1 saturated carbocycles. The van der Waals surface area contributed by atoms with Gasteiger partial charge in [0.15, 0.2) is 0 Å².